The predicted octanol–water partition coefficient (Wildman–Crippen LogP) is 1.43. The summed E-state index contributed by atoms with van der Waals surface area (Å²) in [6.45, 7) is 2.29. The highest BCUT2D eigenvalue weighted by Gasteiger charge is 2.23. The third-order valence-electron chi connectivity index (χ3n) is 4.13. The van der Waals surface area contributed by atoms with Gasteiger partial charge in [0, 0.05) is 24.0 Å². The van der Waals surface area contributed by atoms with Crippen LogP contribution in [0.3, 0.4) is 0 Å². The molecule has 7 heteroatoms. The summed E-state index contributed by atoms with van der Waals surface area (Å²) in [6, 6.07) is 3.89. The lowest BCUT2D eigenvalue weighted by atomic mass is 9.86. The van der Waals surface area contributed by atoms with E-state index < -0.39 is 0 Å². The maximum absolute atomic E-state index is 12.1. The molecule has 2 aromatic heterocycles. The van der Waals surface area contributed by atoms with Gasteiger partial charge in [0.1, 0.15) is 6.54 Å². The van der Waals surface area contributed by atoms with Crippen LogP contribution in [-0.4, -0.2) is 37.1 Å². The molecule has 1 aliphatic rings. The summed E-state index contributed by atoms with van der Waals surface area (Å²) < 4.78 is 0. The molecular weight excluding hydrogens is 280 g/mol. The van der Waals surface area contributed by atoms with Crippen LogP contribution in [0.5, 0.6) is 0 Å². The molecule has 1 saturated carbocycles. The van der Waals surface area contributed by atoms with E-state index in [0.717, 1.165) is 12.0 Å². The molecule has 2 unspecified atom stereocenters. The zero-order chi connectivity index (χ0) is 15.4. The molecule has 0 aromatic carbocycles. The van der Waals surface area contributed by atoms with E-state index in [9.17, 15) is 4.79 Å². The molecule has 1 N–H and O–H groups in total. The molecule has 1 aliphatic carbocycles. The summed E-state index contributed by atoms with van der Waals surface area (Å²) in [5, 5.41) is 15.2. The maximum atomic E-state index is 12.1. The van der Waals surface area contributed by atoms with Crippen LogP contribution >= 0.6 is 0 Å². The van der Waals surface area contributed by atoms with Gasteiger partial charge in [0.25, 0.3) is 0 Å². The molecule has 2 heterocycles. The minimum atomic E-state index is -0.0579. The zero-order valence-electron chi connectivity index (χ0n) is 12.6. The van der Waals surface area contributed by atoms with Gasteiger partial charge in [0.15, 0.2) is 0 Å². The van der Waals surface area contributed by atoms with Gasteiger partial charge < -0.3 is 5.32 Å². The lowest BCUT2D eigenvalue weighted by Gasteiger charge is -2.29. The van der Waals surface area contributed by atoms with Crippen LogP contribution in [-0.2, 0) is 11.3 Å². The molecule has 7 nitrogen and oxygen atoms in total. The number of hydrogen-bond donors (Lipinski definition) is 1. The summed E-state index contributed by atoms with van der Waals surface area (Å²) in [7, 11) is 0. The van der Waals surface area contributed by atoms with Crippen molar-refractivity contribution in [2.24, 2.45) is 5.92 Å². The van der Waals surface area contributed by atoms with E-state index in [2.05, 4.69) is 32.6 Å². The highest BCUT2D eigenvalue weighted by molar-refractivity contribution is 5.75. The largest absolute Gasteiger partial charge is 0.351 e. The van der Waals surface area contributed by atoms with Gasteiger partial charge >= 0.3 is 0 Å². The standard InChI is InChI=1S/C15H20N6O/c1-11-4-2-3-5-13(11)17-14(22)10-21-19-15(18-20-21)12-6-8-16-9-7-12/h6-9,11,13H,2-5,10H2,1H3,(H,17,22). The summed E-state index contributed by atoms with van der Waals surface area (Å²) in [6.07, 6.45) is 8.02. The van der Waals surface area contributed by atoms with E-state index in [4.69, 9.17) is 0 Å². The summed E-state index contributed by atoms with van der Waals surface area (Å²) in [5.41, 5.74) is 0.836. The van der Waals surface area contributed by atoms with Gasteiger partial charge in [-0.25, -0.2) is 0 Å². The first kappa shape index (κ1) is 14.6. The summed E-state index contributed by atoms with van der Waals surface area (Å²) >= 11 is 0. The fraction of sp³-hybridized carbons (Fsp3) is 0.533. The average molecular weight is 300 g/mol. The van der Waals surface area contributed by atoms with Gasteiger partial charge in [-0.15, -0.1) is 10.2 Å². The Labute approximate surface area is 129 Å². The monoisotopic (exact) mass is 300 g/mol. The van der Waals surface area contributed by atoms with Gasteiger partial charge in [-0.05, 0) is 36.1 Å². The fourth-order valence-electron chi connectivity index (χ4n) is 2.84. The third-order valence-corrected chi connectivity index (χ3v) is 4.13. The zero-order valence-corrected chi connectivity index (χ0v) is 12.6. The number of aromatic nitrogens is 5. The number of tetrazole rings is 1. The molecule has 2 atom stereocenters. The van der Waals surface area contributed by atoms with Gasteiger partial charge in [-0.2, -0.15) is 4.80 Å². The molecule has 3 rings (SSSR count). The van der Waals surface area contributed by atoms with Crippen molar-refractivity contribution in [3.8, 4) is 11.4 Å². The molecule has 2 aromatic rings. The molecule has 1 amide bonds. The number of pyridine rings is 1. The van der Waals surface area contributed by atoms with Crippen LogP contribution in [0.1, 0.15) is 32.6 Å². The quantitative estimate of drug-likeness (QED) is 0.923. The van der Waals surface area contributed by atoms with Crippen molar-refractivity contribution >= 4 is 5.91 Å². The lowest BCUT2D eigenvalue weighted by molar-refractivity contribution is -0.123. The van der Waals surface area contributed by atoms with E-state index in [1.54, 1.807) is 12.4 Å². The van der Waals surface area contributed by atoms with Gasteiger partial charge in [-0.1, -0.05) is 19.8 Å². The van der Waals surface area contributed by atoms with Crippen LogP contribution in [0.4, 0.5) is 0 Å². The number of nitrogens with one attached hydrogen (secondary N) is 1. The molecule has 22 heavy (non-hydrogen) atoms. The molecule has 0 saturated heterocycles. The van der Waals surface area contributed by atoms with Crippen molar-refractivity contribution in [3.63, 3.8) is 0 Å². The molecule has 0 spiro atoms. The second-order valence-corrected chi connectivity index (χ2v) is 5.82. The van der Waals surface area contributed by atoms with Crippen molar-refractivity contribution in [2.75, 3.05) is 0 Å². The Hall–Kier alpha value is -2.31. The highest BCUT2D eigenvalue weighted by Crippen LogP contribution is 2.23. The Kier molecular flexibility index (Phi) is 4.41. The average Bonchev–Trinajstić information content (AvgIpc) is 2.99. The van der Waals surface area contributed by atoms with Crippen molar-refractivity contribution < 1.29 is 4.79 Å². The van der Waals surface area contributed by atoms with Crippen molar-refractivity contribution in [3.05, 3.63) is 24.5 Å². The first-order valence-electron chi connectivity index (χ1n) is 7.70. The molecular formula is C15H20N6O. The second-order valence-electron chi connectivity index (χ2n) is 5.82. The van der Waals surface area contributed by atoms with E-state index in [0.29, 0.717) is 11.7 Å². The molecule has 1 fully saturated rings. The number of nitrogens with zero attached hydrogens (tertiary/aromatic N) is 5. The first-order valence-corrected chi connectivity index (χ1v) is 7.70. The Morgan fingerprint density at radius 3 is 2.86 bits per heavy atom. The minimum Gasteiger partial charge on any atom is -0.351 e. The SMILES string of the molecule is CC1CCCCC1NC(=O)Cn1nnc(-c2ccncc2)n1. The summed E-state index contributed by atoms with van der Waals surface area (Å²) in [5.74, 6) is 0.979. The lowest BCUT2D eigenvalue weighted by Crippen LogP contribution is -2.42. The Morgan fingerprint density at radius 2 is 2.09 bits per heavy atom. The number of carbonyl (C=O) groups is 1. The normalized spacial score (nSPS) is 21.5. The van der Waals surface area contributed by atoms with Gasteiger partial charge in [-0.3, -0.25) is 9.78 Å². The van der Waals surface area contributed by atoms with Crippen molar-refractivity contribution in [1.82, 2.24) is 30.5 Å². The van der Waals surface area contributed by atoms with E-state index in [-0.39, 0.29) is 18.5 Å². The number of amides is 1. The van der Waals surface area contributed by atoms with Crippen LogP contribution in [0, 0.1) is 5.92 Å². The van der Waals surface area contributed by atoms with Gasteiger partial charge in [0.05, 0.1) is 0 Å². The molecule has 0 aliphatic heterocycles. The number of carbonyl (C=O) groups excluding carboxylic acids is 1. The Morgan fingerprint density at radius 1 is 1.32 bits per heavy atom. The van der Waals surface area contributed by atoms with Crippen LogP contribution in [0.2, 0.25) is 0 Å². The summed E-state index contributed by atoms with van der Waals surface area (Å²) in [4.78, 5) is 17.4. The third kappa shape index (κ3) is 3.47. The van der Waals surface area contributed by atoms with E-state index >= 15 is 0 Å². The number of hydrogen-bond acceptors (Lipinski definition) is 5. The van der Waals surface area contributed by atoms with Gasteiger partial charge in [0.2, 0.25) is 11.7 Å². The van der Waals surface area contributed by atoms with E-state index in [1.807, 2.05) is 12.1 Å². The molecule has 116 valence electrons. The molecule has 0 bridgehead atoms. The topological polar surface area (TPSA) is 85.6 Å². The van der Waals surface area contributed by atoms with E-state index in [1.165, 1.54) is 24.1 Å². The number of rotatable bonds is 4. The smallest absolute Gasteiger partial charge is 0.243 e. The molecule has 0 radical (unpaired) electrons. The minimum absolute atomic E-state index is 0.0579. The van der Waals surface area contributed by atoms with Crippen molar-refractivity contribution in [1.29, 1.82) is 0 Å². The fourth-order valence-corrected chi connectivity index (χ4v) is 2.84. The highest BCUT2D eigenvalue weighted by atomic mass is 16.2. The van der Waals surface area contributed by atoms with Crippen LogP contribution in [0.25, 0.3) is 11.4 Å². The van der Waals surface area contributed by atoms with Crippen LogP contribution in [0.15, 0.2) is 24.5 Å². The predicted molar refractivity (Wildman–Crippen MR) is 80.6 cm³/mol. The van der Waals surface area contributed by atoms with Crippen molar-refractivity contribution in [2.45, 2.75) is 45.2 Å². The Bertz CT molecular complexity index is 626. The Balaban J connectivity index is 1.59. The maximum Gasteiger partial charge on any atom is 0.243 e. The second kappa shape index (κ2) is 6.64. The first-order chi connectivity index (χ1) is 10.7. The van der Waals surface area contributed by atoms with Crippen LogP contribution < -0.4 is 5.32 Å².